The quantitative estimate of drug-likeness (QED) is 0.770. The molecule has 0 aliphatic carbocycles. The highest BCUT2D eigenvalue weighted by atomic mass is 79.9. The van der Waals surface area contributed by atoms with E-state index in [1.807, 2.05) is 0 Å². The number of halogens is 2. The lowest BCUT2D eigenvalue weighted by atomic mass is 10.1. The van der Waals surface area contributed by atoms with Gasteiger partial charge in [-0.1, -0.05) is 17.7 Å². The van der Waals surface area contributed by atoms with Crippen molar-refractivity contribution in [3.63, 3.8) is 0 Å². The van der Waals surface area contributed by atoms with Crippen molar-refractivity contribution in [3.8, 4) is 0 Å². The van der Waals surface area contributed by atoms with Crippen molar-refractivity contribution in [3.05, 3.63) is 27.7 Å². The number of aliphatic hydroxyl groups is 1. The molecule has 2 rings (SSSR count). The minimum Gasteiger partial charge on any atom is -0.393 e. The number of rotatable bonds is 2. The van der Waals surface area contributed by atoms with E-state index in [2.05, 4.69) is 26.7 Å². The van der Waals surface area contributed by atoms with Gasteiger partial charge in [0.05, 0.1) is 21.3 Å². The van der Waals surface area contributed by atoms with Crippen LogP contribution in [0.25, 0.3) is 0 Å². The Morgan fingerprint density at radius 2 is 2.11 bits per heavy atom. The number of carbonyl (C=O) groups is 1. The number of benzene rings is 1. The Morgan fingerprint density at radius 1 is 1.42 bits per heavy atom. The Hall–Kier alpha value is -0.820. The topological polar surface area (TPSA) is 64.6 Å². The molecular weight excluding hydrogens is 334 g/mol. The highest BCUT2D eigenvalue weighted by Gasteiger charge is 2.18. The van der Waals surface area contributed by atoms with Gasteiger partial charge in [-0.2, -0.15) is 0 Å². The van der Waals surface area contributed by atoms with Crippen LogP contribution in [-0.2, 0) is 0 Å². The molecule has 0 aromatic heterocycles. The van der Waals surface area contributed by atoms with Gasteiger partial charge in [0.1, 0.15) is 0 Å². The monoisotopic (exact) mass is 347 g/mol. The lowest BCUT2D eigenvalue weighted by molar-refractivity contribution is 0.0644. The summed E-state index contributed by atoms with van der Waals surface area (Å²) < 4.78 is 0.654. The zero-order valence-corrected chi connectivity index (χ0v) is 12.5. The molecule has 0 atom stereocenters. The predicted octanol–water partition coefficient (Wildman–Crippen LogP) is 2.60. The fourth-order valence-corrected chi connectivity index (χ4v) is 2.41. The molecule has 2 amide bonds. The zero-order chi connectivity index (χ0) is 13.8. The van der Waals surface area contributed by atoms with Crippen LogP contribution in [0.4, 0.5) is 10.5 Å². The van der Waals surface area contributed by atoms with Crippen LogP contribution in [0.1, 0.15) is 12.8 Å². The summed E-state index contributed by atoms with van der Waals surface area (Å²) in [5.74, 6) is 0. The Balaban J connectivity index is 1.89. The molecule has 0 unspecified atom stereocenters. The molecule has 3 N–H and O–H groups in total. The molecule has 1 saturated heterocycles. The van der Waals surface area contributed by atoms with E-state index < -0.39 is 0 Å². The summed E-state index contributed by atoms with van der Waals surface area (Å²) >= 11 is 9.27. The van der Waals surface area contributed by atoms with Crippen LogP contribution in [0, 0.1) is 0 Å². The van der Waals surface area contributed by atoms with Gasteiger partial charge >= 0.3 is 6.03 Å². The normalized spacial score (nSPS) is 17.2. The van der Waals surface area contributed by atoms with Crippen molar-refractivity contribution >= 4 is 39.2 Å². The van der Waals surface area contributed by atoms with E-state index in [1.54, 1.807) is 23.2 Å². The second-order valence-electron chi connectivity index (χ2n) is 4.39. The zero-order valence-electron chi connectivity index (χ0n) is 10.2. The number of nitrogens with zero attached hydrogens (tertiary/aromatic N) is 1. The summed E-state index contributed by atoms with van der Waals surface area (Å²) in [6, 6.07) is 4.94. The number of nitrogens with one attached hydrogen (secondary N) is 2. The van der Waals surface area contributed by atoms with Gasteiger partial charge in [0.25, 0.3) is 0 Å². The minimum absolute atomic E-state index is 0.261. The summed E-state index contributed by atoms with van der Waals surface area (Å²) in [5, 5.41) is 14.4. The van der Waals surface area contributed by atoms with E-state index in [0.29, 0.717) is 41.1 Å². The van der Waals surface area contributed by atoms with Gasteiger partial charge in [-0.25, -0.2) is 9.80 Å². The van der Waals surface area contributed by atoms with Gasteiger partial charge in [-0.05, 0) is 40.9 Å². The van der Waals surface area contributed by atoms with Crippen LogP contribution >= 0.6 is 27.5 Å². The Bertz CT molecular complexity index is 464. The molecule has 1 aromatic rings. The van der Waals surface area contributed by atoms with Gasteiger partial charge in [-0.3, -0.25) is 5.43 Å². The molecule has 1 aliphatic heterocycles. The number of carbonyl (C=O) groups excluding carboxylic acids is 1. The molecular formula is C12H15BrClN3O2. The number of aliphatic hydroxyl groups excluding tert-OH is 1. The first-order valence-electron chi connectivity index (χ1n) is 6.01. The molecule has 5 nitrogen and oxygen atoms in total. The van der Waals surface area contributed by atoms with Crippen LogP contribution in [0.5, 0.6) is 0 Å². The minimum atomic E-state index is -0.320. The number of anilines is 1. The first kappa shape index (κ1) is 14.6. The van der Waals surface area contributed by atoms with Crippen molar-refractivity contribution in [1.29, 1.82) is 0 Å². The first-order chi connectivity index (χ1) is 9.06. The van der Waals surface area contributed by atoms with Crippen molar-refractivity contribution < 1.29 is 9.90 Å². The number of hydrogen-bond donors (Lipinski definition) is 3. The largest absolute Gasteiger partial charge is 0.393 e. The van der Waals surface area contributed by atoms with Gasteiger partial charge < -0.3 is 10.4 Å². The van der Waals surface area contributed by atoms with Gasteiger partial charge in [0.15, 0.2) is 0 Å². The van der Waals surface area contributed by atoms with Crippen molar-refractivity contribution in [2.75, 3.05) is 18.4 Å². The smallest absolute Gasteiger partial charge is 0.333 e. The molecule has 104 valence electrons. The lowest BCUT2D eigenvalue weighted by Crippen LogP contribution is -2.49. The first-order valence-corrected chi connectivity index (χ1v) is 7.18. The molecule has 19 heavy (non-hydrogen) atoms. The third kappa shape index (κ3) is 4.07. The van der Waals surface area contributed by atoms with E-state index in [1.165, 1.54) is 0 Å². The molecule has 7 heteroatoms. The summed E-state index contributed by atoms with van der Waals surface area (Å²) in [7, 11) is 0. The SMILES string of the molecule is O=C(Nc1cccc(Cl)c1Br)NN1CCC(O)CC1. The summed E-state index contributed by atoms with van der Waals surface area (Å²) in [6.45, 7) is 1.29. The Labute approximate surface area is 125 Å². The number of hydrazine groups is 1. The Kier molecular flexibility index (Phi) is 5.04. The second kappa shape index (κ2) is 6.56. The molecule has 0 radical (unpaired) electrons. The van der Waals surface area contributed by atoms with Gasteiger partial charge in [-0.15, -0.1) is 0 Å². The third-order valence-corrected chi connectivity index (χ3v) is 4.32. The standard InChI is InChI=1S/C12H15BrClN3O2/c13-11-9(14)2-1-3-10(11)15-12(19)16-17-6-4-8(18)5-7-17/h1-3,8,18H,4-7H2,(H2,15,16,19). The van der Waals surface area contributed by atoms with Gasteiger partial charge in [0.2, 0.25) is 0 Å². The molecule has 0 bridgehead atoms. The Morgan fingerprint density at radius 3 is 2.79 bits per heavy atom. The van der Waals surface area contributed by atoms with E-state index in [-0.39, 0.29) is 12.1 Å². The third-order valence-electron chi connectivity index (χ3n) is 2.92. The van der Waals surface area contributed by atoms with Crippen molar-refractivity contribution in [2.24, 2.45) is 0 Å². The van der Waals surface area contributed by atoms with Crippen LogP contribution in [0.3, 0.4) is 0 Å². The summed E-state index contributed by atoms with van der Waals surface area (Å²) in [5.41, 5.74) is 3.36. The highest BCUT2D eigenvalue weighted by Crippen LogP contribution is 2.29. The number of amides is 2. The average molecular weight is 349 g/mol. The average Bonchev–Trinajstić information content (AvgIpc) is 2.38. The fourth-order valence-electron chi connectivity index (χ4n) is 1.87. The van der Waals surface area contributed by atoms with Crippen molar-refractivity contribution in [1.82, 2.24) is 10.4 Å². The van der Waals surface area contributed by atoms with E-state index in [4.69, 9.17) is 11.6 Å². The molecule has 1 aliphatic rings. The van der Waals surface area contributed by atoms with Crippen LogP contribution in [-0.4, -0.2) is 35.3 Å². The van der Waals surface area contributed by atoms with E-state index in [9.17, 15) is 9.90 Å². The number of urea groups is 1. The summed E-state index contributed by atoms with van der Waals surface area (Å²) in [6.07, 6.45) is 1.07. The van der Waals surface area contributed by atoms with Crippen LogP contribution in [0.2, 0.25) is 5.02 Å². The van der Waals surface area contributed by atoms with Crippen molar-refractivity contribution in [2.45, 2.75) is 18.9 Å². The van der Waals surface area contributed by atoms with Gasteiger partial charge in [0, 0.05) is 13.1 Å². The maximum Gasteiger partial charge on any atom is 0.333 e. The molecule has 0 spiro atoms. The molecule has 1 heterocycles. The predicted molar refractivity (Wildman–Crippen MR) is 78.1 cm³/mol. The van der Waals surface area contributed by atoms with E-state index in [0.717, 1.165) is 0 Å². The summed E-state index contributed by atoms with van der Waals surface area (Å²) in [4.78, 5) is 11.8. The number of piperidine rings is 1. The second-order valence-corrected chi connectivity index (χ2v) is 5.59. The fraction of sp³-hybridized carbons (Fsp3) is 0.417. The molecule has 1 fully saturated rings. The maximum absolute atomic E-state index is 11.8. The molecule has 0 saturated carbocycles. The molecule has 1 aromatic carbocycles. The lowest BCUT2D eigenvalue weighted by Gasteiger charge is -2.29. The number of hydrogen-bond acceptors (Lipinski definition) is 3. The highest BCUT2D eigenvalue weighted by molar-refractivity contribution is 9.10. The van der Waals surface area contributed by atoms with Crippen LogP contribution < -0.4 is 10.7 Å². The maximum atomic E-state index is 11.8. The van der Waals surface area contributed by atoms with Crippen LogP contribution in [0.15, 0.2) is 22.7 Å². The van der Waals surface area contributed by atoms with E-state index >= 15 is 0 Å².